The van der Waals surface area contributed by atoms with Crippen LogP contribution in [0, 0.1) is 5.82 Å². The molecule has 0 spiro atoms. The minimum absolute atomic E-state index is 0.230. The summed E-state index contributed by atoms with van der Waals surface area (Å²) in [6.45, 7) is 0. The van der Waals surface area contributed by atoms with E-state index in [4.69, 9.17) is 0 Å². The summed E-state index contributed by atoms with van der Waals surface area (Å²) in [5, 5.41) is 2.59. The highest BCUT2D eigenvalue weighted by Crippen LogP contribution is 2.46. The first kappa shape index (κ1) is 41.3. The minimum Gasteiger partial charge on any atom is -0.308 e. The van der Waals surface area contributed by atoms with Crippen molar-refractivity contribution in [3.05, 3.63) is 267 Å². The molecular weight excluding hydrogens is 950 g/mol. The molecular formula is C63H42Br2FN. The molecule has 0 fully saturated rings. The first-order chi connectivity index (χ1) is 32.9. The summed E-state index contributed by atoms with van der Waals surface area (Å²) in [6.07, 6.45) is 3.18. The lowest BCUT2D eigenvalue weighted by Gasteiger charge is -2.13. The molecule has 0 atom stereocenters. The van der Waals surface area contributed by atoms with E-state index in [1.807, 2.05) is 36.4 Å². The van der Waals surface area contributed by atoms with Crippen LogP contribution in [0.15, 0.2) is 227 Å². The van der Waals surface area contributed by atoms with Crippen LogP contribution >= 0.6 is 31.9 Å². The van der Waals surface area contributed by atoms with E-state index in [0.29, 0.717) is 4.47 Å². The Bertz CT molecular complexity index is 3630. The van der Waals surface area contributed by atoms with Gasteiger partial charge >= 0.3 is 0 Å². The predicted octanol–water partition coefficient (Wildman–Crippen LogP) is 17.9. The lowest BCUT2D eigenvalue weighted by molar-refractivity contribution is 0.621. The zero-order valence-corrected chi connectivity index (χ0v) is 39.7. The highest BCUT2D eigenvalue weighted by Gasteiger charge is 2.25. The van der Waals surface area contributed by atoms with Gasteiger partial charge in [-0.15, -0.1) is 0 Å². The Balaban J connectivity index is 0.000000116. The van der Waals surface area contributed by atoms with Crippen molar-refractivity contribution in [1.29, 1.82) is 0 Å². The number of benzene rings is 10. The maximum absolute atomic E-state index is 13.2. The topological polar surface area (TPSA) is 4.93 Å². The largest absolute Gasteiger partial charge is 0.308 e. The standard InChI is InChI=1S/C31H20BrN.C20H14.C12H8BrF/c32-28-15-14-21(20-8-2-1-3-9-20)17-31(28)33-29-13-7-6-12-25(29)27-19-26-23(18-30(27)33)16-22-10-4-5-11-24(22)26;1-3-7-17-13(5-1)9-15-11-16-10-14-6-2-4-8-18(14)20(16)12-19(15)17;13-11-7-6-10(8-12(11)14)9-4-2-1-3-5-9/h1-15,17-19H,16H2;1-8,11-12H,9-10H2;1-8H. The third kappa shape index (κ3) is 7.55. The number of rotatable bonds is 3. The molecule has 10 aromatic carbocycles. The Labute approximate surface area is 407 Å². The van der Waals surface area contributed by atoms with Crippen LogP contribution in [-0.4, -0.2) is 4.57 Å². The molecule has 1 aromatic heterocycles. The van der Waals surface area contributed by atoms with E-state index >= 15 is 0 Å². The Morgan fingerprint density at radius 1 is 0.313 bits per heavy atom. The smallest absolute Gasteiger partial charge is 0.137 e. The van der Waals surface area contributed by atoms with Crippen LogP contribution in [0.2, 0.25) is 0 Å². The highest BCUT2D eigenvalue weighted by molar-refractivity contribution is 9.10. The quantitative estimate of drug-likeness (QED) is 0.166. The summed E-state index contributed by atoms with van der Waals surface area (Å²) >= 11 is 6.99. The van der Waals surface area contributed by atoms with Gasteiger partial charge in [-0.1, -0.05) is 170 Å². The van der Waals surface area contributed by atoms with Gasteiger partial charge in [0.25, 0.3) is 0 Å². The zero-order chi connectivity index (χ0) is 45.0. The first-order valence-corrected chi connectivity index (χ1v) is 24.4. The molecule has 1 heterocycles. The third-order valence-electron chi connectivity index (χ3n) is 13.6. The summed E-state index contributed by atoms with van der Waals surface area (Å²) < 4.78 is 17.2. The van der Waals surface area contributed by atoms with Gasteiger partial charge in [0.15, 0.2) is 0 Å². The number of para-hydroxylation sites is 1. The molecule has 0 saturated carbocycles. The predicted molar refractivity (Wildman–Crippen MR) is 285 cm³/mol. The van der Waals surface area contributed by atoms with Crippen molar-refractivity contribution in [3.8, 4) is 61.3 Å². The van der Waals surface area contributed by atoms with Gasteiger partial charge in [-0.05, 0) is 189 Å². The summed E-state index contributed by atoms with van der Waals surface area (Å²) in [4.78, 5) is 0. The number of hydrogen-bond donors (Lipinski definition) is 0. The summed E-state index contributed by atoms with van der Waals surface area (Å²) in [5.41, 5.74) is 25.3. The average Bonchev–Trinajstić information content (AvgIpc) is 4.13. The second-order valence-corrected chi connectivity index (χ2v) is 19.3. The van der Waals surface area contributed by atoms with Crippen molar-refractivity contribution in [2.45, 2.75) is 19.3 Å². The zero-order valence-electron chi connectivity index (χ0n) is 36.5. The number of halogens is 3. The van der Waals surface area contributed by atoms with Gasteiger partial charge in [0, 0.05) is 15.2 Å². The average molecular weight is 992 g/mol. The first-order valence-electron chi connectivity index (χ1n) is 22.8. The van der Waals surface area contributed by atoms with Crippen LogP contribution in [0.5, 0.6) is 0 Å². The van der Waals surface area contributed by atoms with E-state index in [9.17, 15) is 4.39 Å². The number of fused-ring (bicyclic) bond motifs is 12. The molecule has 14 rings (SSSR count). The van der Waals surface area contributed by atoms with E-state index in [0.717, 1.165) is 40.5 Å². The number of aromatic nitrogens is 1. The molecule has 4 heteroatoms. The lowest BCUT2D eigenvalue weighted by atomic mass is 9.98. The van der Waals surface area contributed by atoms with Gasteiger partial charge in [-0.3, -0.25) is 0 Å². The van der Waals surface area contributed by atoms with Gasteiger partial charge in [-0.2, -0.15) is 0 Å². The molecule has 0 bridgehead atoms. The van der Waals surface area contributed by atoms with Crippen molar-refractivity contribution in [1.82, 2.24) is 4.57 Å². The molecule has 0 N–H and O–H groups in total. The maximum atomic E-state index is 13.2. The molecule has 320 valence electrons. The summed E-state index contributed by atoms with van der Waals surface area (Å²) in [5.74, 6) is -0.230. The molecule has 3 aliphatic rings. The third-order valence-corrected chi connectivity index (χ3v) is 14.9. The minimum atomic E-state index is -0.230. The van der Waals surface area contributed by atoms with Gasteiger partial charge in [0.1, 0.15) is 5.82 Å². The second-order valence-electron chi connectivity index (χ2n) is 17.6. The van der Waals surface area contributed by atoms with Crippen LogP contribution in [0.4, 0.5) is 4.39 Å². The van der Waals surface area contributed by atoms with Crippen LogP contribution in [0.1, 0.15) is 33.4 Å². The van der Waals surface area contributed by atoms with Crippen molar-refractivity contribution < 1.29 is 4.39 Å². The number of nitrogens with zero attached hydrogens (tertiary/aromatic N) is 1. The molecule has 0 amide bonds. The van der Waals surface area contributed by atoms with Crippen LogP contribution in [0.25, 0.3) is 83.1 Å². The van der Waals surface area contributed by atoms with Crippen molar-refractivity contribution in [2.75, 3.05) is 0 Å². The second kappa shape index (κ2) is 17.3. The van der Waals surface area contributed by atoms with E-state index in [1.165, 1.54) is 106 Å². The Morgan fingerprint density at radius 3 is 1.34 bits per heavy atom. The molecule has 11 aromatic rings. The molecule has 67 heavy (non-hydrogen) atoms. The van der Waals surface area contributed by atoms with Gasteiger partial charge in [0.2, 0.25) is 0 Å². The van der Waals surface area contributed by atoms with E-state index in [-0.39, 0.29) is 5.82 Å². The van der Waals surface area contributed by atoms with Gasteiger partial charge in [0.05, 0.1) is 21.2 Å². The fourth-order valence-electron chi connectivity index (χ4n) is 10.4. The van der Waals surface area contributed by atoms with E-state index < -0.39 is 0 Å². The number of hydrogen-bond acceptors (Lipinski definition) is 0. The fourth-order valence-corrected chi connectivity index (χ4v) is 11.1. The molecule has 1 nitrogen and oxygen atoms in total. The Morgan fingerprint density at radius 2 is 0.776 bits per heavy atom. The van der Waals surface area contributed by atoms with Crippen LogP contribution in [0.3, 0.4) is 0 Å². The van der Waals surface area contributed by atoms with Crippen molar-refractivity contribution in [3.63, 3.8) is 0 Å². The molecule has 0 unspecified atom stereocenters. The molecule has 3 aliphatic carbocycles. The summed E-state index contributed by atoms with van der Waals surface area (Å²) in [7, 11) is 0. The Hall–Kier alpha value is -7.11. The van der Waals surface area contributed by atoms with E-state index in [1.54, 1.807) is 6.07 Å². The normalized spacial score (nSPS) is 12.2. The maximum Gasteiger partial charge on any atom is 0.137 e. The fraction of sp³-hybridized carbons (Fsp3) is 0.0476. The van der Waals surface area contributed by atoms with Crippen LogP contribution in [-0.2, 0) is 19.3 Å². The molecule has 0 radical (unpaired) electrons. The highest BCUT2D eigenvalue weighted by atomic mass is 79.9. The van der Waals surface area contributed by atoms with Crippen molar-refractivity contribution >= 4 is 53.7 Å². The van der Waals surface area contributed by atoms with E-state index in [2.05, 4.69) is 206 Å². The van der Waals surface area contributed by atoms with Gasteiger partial charge in [-0.25, -0.2) is 4.39 Å². The van der Waals surface area contributed by atoms with Crippen LogP contribution < -0.4 is 0 Å². The lowest BCUT2D eigenvalue weighted by Crippen LogP contribution is -1.96. The monoisotopic (exact) mass is 989 g/mol. The molecule has 0 saturated heterocycles. The van der Waals surface area contributed by atoms with Crippen molar-refractivity contribution in [2.24, 2.45) is 0 Å². The summed E-state index contributed by atoms with van der Waals surface area (Å²) in [6, 6.07) is 77.0. The van der Waals surface area contributed by atoms with Gasteiger partial charge < -0.3 is 4.57 Å². The Kier molecular flexibility index (Phi) is 10.7. The SMILES string of the molecule is Brc1ccc(-c2ccccc2)cc1-n1c2ccccc2c2cc3c(cc21)Cc1ccccc1-3.Fc1cc(-c2ccccc2)ccc1Br.c1ccc2c(c1)Cc1cc3c(cc1-2)-c1ccccc1C3. The molecule has 0 aliphatic heterocycles.